The van der Waals surface area contributed by atoms with Crippen molar-refractivity contribution in [2.45, 2.75) is 17.8 Å². The lowest BCUT2D eigenvalue weighted by Gasteiger charge is -2.38. The van der Waals surface area contributed by atoms with E-state index in [1.807, 2.05) is 0 Å². The summed E-state index contributed by atoms with van der Waals surface area (Å²) in [5.41, 5.74) is -5.74. The molecule has 0 N–H and O–H groups in total. The van der Waals surface area contributed by atoms with Gasteiger partial charge in [-0.25, -0.2) is 0 Å². The minimum atomic E-state index is -5.52. The second kappa shape index (κ2) is 5.09. The number of hydrogen-bond donors (Lipinski definition) is 0. The lowest BCUT2D eigenvalue weighted by atomic mass is 9.73. The second-order valence-corrected chi connectivity index (χ2v) is 4.48. The molecule has 0 aromatic heterocycles. The van der Waals surface area contributed by atoms with Gasteiger partial charge in [-0.2, -0.15) is 26.3 Å². The Kier molecular flexibility index (Phi) is 3.74. The summed E-state index contributed by atoms with van der Waals surface area (Å²) < 4.78 is 81.1. The first-order valence-electron chi connectivity index (χ1n) is 5.96. The standard InChI is InChI=1S/C15H10F6/c16-14(17,18)13(15(19,20)21,11-7-3-1-4-8-11)12-9-5-2-6-10-12/h1-10H. The highest BCUT2D eigenvalue weighted by atomic mass is 19.4. The normalized spacial score (nSPS) is 13.2. The molecule has 21 heavy (non-hydrogen) atoms. The average molecular weight is 304 g/mol. The van der Waals surface area contributed by atoms with E-state index in [1.165, 1.54) is 12.1 Å². The van der Waals surface area contributed by atoms with Crippen molar-refractivity contribution < 1.29 is 26.3 Å². The van der Waals surface area contributed by atoms with Crippen LogP contribution in [0.15, 0.2) is 60.7 Å². The van der Waals surface area contributed by atoms with Gasteiger partial charge in [-0.05, 0) is 11.1 Å². The SMILES string of the molecule is FC(F)(F)C(c1ccccc1)(c1ccccc1)C(F)(F)F. The van der Waals surface area contributed by atoms with Gasteiger partial charge in [0.25, 0.3) is 0 Å². The largest absolute Gasteiger partial charge is 0.411 e. The van der Waals surface area contributed by atoms with Crippen LogP contribution in [-0.2, 0) is 5.41 Å². The van der Waals surface area contributed by atoms with E-state index >= 15 is 0 Å². The van der Waals surface area contributed by atoms with Crippen molar-refractivity contribution in [3.8, 4) is 0 Å². The van der Waals surface area contributed by atoms with Crippen molar-refractivity contribution in [1.29, 1.82) is 0 Å². The van der Waals surface area contributed by atoms with Crippen LogP contribution in [0.2, 0.25) is 0 Å². The highest BCUT2D eigenvalue weighted by Crippen LogP contribution is 2.55. The molecule has 0 aliphatic carbocycles. The molecule has 0 aliphatic rings. The van der Waals surface area contributed by atoms with Gasteiger partial charge < -0.3 is 0 Å². The molecule has 0 saturated heterocycles. The summed E-state index contributed by atoms with van der Waals surface area (Å²) in [6, 6.07) is 10.7. The number of rotatable bonds is 2. The third kappa shape index (κ3) is 2.39. The van der Waals surface area contributed by atoms with E-state index < -0.39 is 28.9 Å². The summed E-state index contributed by atoms with van der Waals surface area (Å²) in [6.07, 6.45) is -11.0. The van der Waals surface area contributed by atoms with Crippen LogP contribution >= 0.6 is 0 Å². The third-order valence-electron chi connectivity index (χ3n) is 3.26. The Labute approximate surface area is 117 Å². The van der Waals surface area contributed by atoms with E-state index in [1.54, 1.807) is 0 Å². The summed E-state index contributed by atoms with van der Waals surface area (Å²) in [5, 5.41) is 0. The highest BCUT2D eigenvalue weighted by Gasteiger charge is 2.72. The van der Waals surface area contributed by atoms with Gasteiger partial charge in [0.1, 0.15) is 0 Å². The molecule has 0 amide bonds. The summed E-state index contributed by atoms with van der Waals surface area (Å²) in [5.74, 6) is 0. The quantitative estimate of drug-likeness (QED) is 0.677. The van der Waals surface area contributed by atoms with Crippen molar-refractivity contribution in [3.05, 3.63) is 71.8 Å². The van der Waals surface area contributed by atoms with Crippen molar-refractivity contribution in [2.75, 3.05) is 0 Å². The molecule has 0 saturated carbocycles. The predicted molar refractivity (Wildman–Crippen MR) is 65.8 cm³/mol. The zero-order chi connectivity index (χ0) is 15.7. The van der Waals surface area contributed by atoms with Crippen molar-refractivity contribution in [2.24, 2.45) is 0 Å². The van der Waals surface area contributed by atoms with Crippen molar-refractivity contribution in [3.63, 3.8) is 0 Å². The Morgan fingerprint density at radius 3 is 1.00 bits per heavy atom. The minimum absolute atomic E-state index is 0.841. The molecule has 0 aliphatic heterocycles. The maximum absolute atomic E-state index is 13.5. The van der Waals surface area contributed by atoms with Crippen LogP contribution in [0.25, 0.3) is 0 Å². The van der Waals surface area contributed by atoms with Gasteiger partial charge in [0.2, 0.25) is 5.41 Å². The Balaban J connectivity index is 2.87. The minimum Gasteiger partial charge on any atom is -0.169 e. The van der Waals surface area contributed by atoms with Crippen LogP contribution in [0.1, 0.15) is 11.1 Å². The first-order chi connectivity index (χ1) is 9.71. The average Bonchev–Trinajstić information content (AvgIpc) is 2.38. The zero-order valence-corrected chi connectivity index (χ0v) is 10.5. The monoisotopic (exact) mass is 304 g/mol. The number of alkyl halides is 6. The van der Waals surface area contributed by atoms with Crippen LogP contribution < -0.4 is 0 Å². The summed E-state index contributed by atoms with van der Waals surface area (Å²) in [7, 11) is 0. The van der Waals surface area contributed by atoms with Gasteiger partial charge in [0.05, 0.1) is 0 Å². The van der Waals surface area contributed by atoms with Gasteiger partial charge in [0, 0.05) is 0 Å². The van der Waals surface area contributed by atoms with E-state index in [0.29, 0.717) is 0 Å². The van der Waals surface area contributed by atoms with Crippen LogP contribution in [0.3, 0.4) is 0 Å². The molecule has 0 heterocycles. The molecular formula is C15H10F6. The summed E-state index contributed by atoms with van der Waals surface area (Å²) in [4.78, 5) is 0. The van der Waals surface area contributed by atoms with E-state index in [2.05, 4.69) is 0 Å². The molecular weight excluding hydrogens is 294 g/mol. The molecule has 0 spiro atoms. The van der Waals surface area contributed by atoms with Crippen LogP contribution in [-0.4, -0.2) is 12.4 Å². The number of benzene rings is 2. The lowest BCUT2D eigenvalue weighted by Crippen LogP contribution is -2.54. The van der Waals surface area contributed by atoms with Crippen LogP contribution in [0, 0.1) is 0 Å². The van der Waals surface area contributed by atoms with Gasteiger partial charge in [-0.15, -0.1) is 0 Å². The topological polar surface area (TPSA) is 0 Å². The molecule has 0 fully saturated rings. The molecule has 6 heteroatoms. The van der Waals surface area contributed by atoms with Crippen LogP contribution in [0.5, 0.6) is 0 Å². The Bertz CT molecular complexity index is 528. The predicted octanol–water partition coefficient (Wildman–Crippen LogP) is 5.10. The zero-order valence-electron chi connectivity index (χ0n) is 10.5. The summed E-state index contributed by atoms with van der Waals surface area (Å²) in [6.45, 7) is 0. The molecule has 112 valence electrons. The first-order valence-corrected chi connectivity index (χ1v) is 5.96. The molecule has 0 nitrogen and oxygen atoms in total. The number of halogens is 6. The molecule has 2 rings (SSSR count). The van der Waals surface area contributed by atoms with Gasteiger partial charge in [0.15, 0.2) is 0 Å². The fourth-order valence-corrected chi connectivity index (χ4v) is 2.36. The Morgan fingerprint density at radius 1 is 0.476 bits per heavy atom. The molecule has 0 atom stereocenters. The maximum atomic E-state index is 13.5. The number of hydrogen-bond acceptors (Lipinski definition) is 0. The second-order valence-electron chi connectivity index (χ2n) is 4.48. The fourth-order valence-electron chi connectivity index (χ4n) is 2.36. The van der Waals surface area contributed by atoms with Crippen molar-refractivity contribution >= 4 is 0 Å². The van der Waals surface area contributed by atoms with Crippen LogP contribution in [0.4, 0.5) is 26.3 Å². The lowest BCUT2D eigenvalue weighted by molar-refractivity contribution is -0.288. The van der Waals surface area contributed by atoms with Gasteiger partial charge in [-0.3, -0.25) is 0 Å². The Morgan fingerprint density at radius 2 is 0.762 bits per heavy atom. The fraction of sp³-hybridized carbons (Fsp3) is 0.200. The molecule has 0 bridgehead atoms. The third-order valence-corrected chi connectivity index (χ3v) is 3.26. The van der Waals surface area contributed by atoms with E-state index in [4.69, 9.17) is 0 Å². The molecule has 2 aromatic rings. The smallest absolute Gasteiger partial charge is 0.169 e. The maximum Gasteiger partial charge on any atom is 0.411 e. The first kappa shape index (κ1) is 15.4. The molecule has 2 aromatic carbocycles. The Hall–Kier alpha value is -1.98. The van der Waals surface area contributed by atoms with Gasteiger partial charge in [-0.1, -0.05) is 60.7 Å². The summed E-state index contributed by atoms with van der Waals surface area (Å²) >= 11 is 0. The molecule has 0 radical (unpaired) electrons. The highest BCUT2D eigenvalue weighted by molar-refractivity contribution is 5.43. The van der Waals surface area contributed by atoms with Gasteiger partial charge >= 0.3 is 12.4 Å². The van der Waals surface area contributed by atoms with Crippen molar-refractivity contribution in [1.82, 2.24) is 0 Å². The van der Waals surface area contributed by atoms with E-state index in [-0.39, 0.29) is 0 Å². The molecule has 0 unspecified atom stereocenters. The van der Waals surface area contributed by atoms with E-state index in [9.17, 15) is 26.3 Å². The van der Waals surface area contributed by atoms with E-state index in [0.717, 1.165) is 48.5 Å².